The molecule has 0 spiro atoms. The molecule has 1 N–H and O–H groups in total. The molecule has 0 bridgehead atoms. The van der Waals surface area contributed by atoms with Crippen LogP contribution in [-0.2, 0) is 27.2 Å². The van der Waals surface area contributed by atoms with Crippen LogP contribution < -0.4 is 0 Å². The Bertz CT molecular complexity index is 1100. The standard InChI is InChI=1S/C19H21BN4O5S/c1-20(26)24(12-15-8-10-17(11-9-15)19(25)29-2)30(27,28)14-23-13-18(21-22-23)16-6-4-3-5-7-16/h3-11,13,26H,12,14H2,1-2H3. The van der Waals surface area contributed by atoms with Gasteiger partial charge < -0.3 is 9.76 Å². The van der Waals surface area contributed by atoms with Gasteiger partial charge in [0.2, 0.25) is 10.0 Å². The first kappa shape index (κ1) is 21.7. The zero-order valence-corrected chi connectivity index (χ0v) is 17.4. The summed E-state index contributed by atoms with van der Waals surface area (Å²) in [7, 11) is -3.89. The van der Waals surface area contributed by atoms with Crippen molar-refractivity contribution in [1.29, 1.82) is 0 Å². The summed E-state index contributed by atoms with van der Waals surface area (Å²) in [4.78, 5) is 11.5. The Kier molecular flexibility index (Phi) is 6.65. The lowest BCUT2D eigenvalue weighted by Crippen LogP contribution is -2.43. The molecule has 0 aliphatic rings. The van der Waals surface area contributed by atoms with Gasteiger partial charge in [0, 0.05) is 12.1 Å². The monoisotopic (exact) mass is 428 g/mol. The molecule has 0 saturated heterocycles. The number of benzene rings is 2. The Hall–Kier alpha value is -3.02. The van der Waals surface area contributed by atoms with E-state index in [0.717, 1.165) is 9.78 Å². The minimum atomic E-state index is -3.92. The van der Waals surface area contributed by atoms with Crippen molar-refractivity contribution in [3.63, 3.8) is 0 Å². The molecule has 9 nitrogen and oxygen atoms in total. The Morgan fingerprint density at radius 1 is 1.17 bits per heavy atom. The SMILES string of the molecule is COC(=O)c1ccc(CN(B(C)O)S(=O)(=O)Cn2cc(-c3ccccc3)nn2)cc1. The summed E-state index contributed by atoms with van der Waals surface area (Å²) in [6.07, 6.45) is 1.54. The highest BCUT2D eigenvalue weighted by Crippen LogP contribution is 2.17. The van der Waals surface area contributed by atoms with E-state index < -0.39 is 28.9 Å². The molecule has 1 aromatic heterocycles. The van der Waals surface area contributed by atoms with Crippen LogP contribution in [0.3, 0.4) is 0 Å². The van der Waals surface area contributed by atoms with Gasteiger partial charge >= 0.3 is 13.0 Å². The summed E-state index contributed by atoms with van der Waals surface area (Å²) in [6.45, 7) is 1.30. The molecule has 2 aromatic carbocycles. The fourth-order valence-corrected chi connectivity index (χ4v) is 4.27. The third-order valence-corrected chi connectivity index (χ3v) is 6.13. The molecule has 3 rings (SSSR count). The van der Waals surface area contributed by atoms with E-state index in [4.69, 9.17) is 0 Å². The van der Waals surface area contributed by atoms with Gasteiger partial charge in [-0.05, 0) is 24.5 Å². The molecule has 0 radical (unpaired) electrons. The first-order chi connectivity index (χ1) is 14.3. The predicted molar refractivity (Wildman–Crippen MR) is 112 cm³/mol. The molecule has 0 fully saturated rings. The van der Waals surface area contributed by atoms with Crippen molar-refractivity contribution in [2.45, 2.75) is 19.2 Å². The van der Waals surface area contributed by atoms with Gasteiger partial charge in [0.05, 0.1) is 18.9 Å². The Labute approximate surface area is 175 Å². The number of sulfonamides is 1. The van der Waals surface area contributed by atoms with Crippen molar-refractivity contribution in [3.8, 4) is 11.3 Å². The lowest BCUT2D eigenvalue weighted by atomic mass is 9.88. The zero-order chi connectivity index (χ0) is 21.7. The van der Waals surface area contributed by atoms with E-state index >= 15 is 0 Å². The Balaban J connectivity index is 1.76. The van der Waals surface area contributed by atoms with E-state index in [1.165, 1.54) is 36.9 Å². The number of carbonyl (C=O) groups is 1. The maximum Gasteiger partial charge on any atom is 0.390 e. The van der Waals surface area contributed by atoms with Crippen molar-refractivity contribution in [2.75, 3.05) is 7.11 Å². The summed E-state index contributed by atoms with van der Waals surface area (Å²) < 4.78 is 32.7. The highest BCUT2D eigenvalue weighted by Gasteiger charge is 2.30. The molecular formula is C19H21BN4O5S. The highest BCUT2D eigenvalue weighted by atomic mass is 32.2. The molecule has 3 aromatic rings. The van der Waals surface area contributed by atoms with Crippen LogP contribution in [0.25, 0.3) is 11.3 Å². The second-order valence-electron chi connectivity index (χ2n) is 6.62. The average Bonchev–Trinajstić information content (AvgIpc) is 3.20. The first-order valence-corrected chi connectivity index (χ1v) is 10.7. The number of hydrogen-bond acceptors (Lipinski definition) is 7. The lowest BCUT2D eigenvalue weighted by molar-refractivity contribution is 0.0600. The number of esters is 1. The van der Waals surface area contributed by atoms with Crippen LogP contribution in [0, 0.1) is 0 Å². The molecule has 0 aliphatic carbocycles. The van der Waals surface area contributed by atoms with E-state index in [9.17, 15) is 18.2 Å². The maximum atomic E-state index is 12.9. The third-order valence-electron chi connectivity index (χ3n) is 4.39. The van der Waals surface area contributed by atoms with Crippen LogP contribution in [0.4, 0.5) is 0 Å². The van der Waals surface area contributed by atoms with E-state index in [2.05, 4.69) is 15.0 Å². The number of ether oxygens (including phenoxy) is 1. The van der Waals surface area contributed by atoms with Crippen LogP contribution in [0.5, 0.6) is 0 Å². The number of carbonyl (C=O) groups excluding carboxylic acids is 1. The van der Waals surface area contributed by atoms with Gasteiger partial charge in [-0.15, -0.1) is 5.10 Å². The van der Waals surface area contributed by atoms with Gasteiger partial charge in [0.15, 0.2) is 5.88 Å². The van der Waals surface area contributed by atoms with Crippen molar-refractivity contribution < 1.29 is 23.0 Å². The molecule has 0 saturated carbocycles. The predicted octanol–water partition coefficient (Wildman–Crippen LogP) is 1.63. The van der Waals surface area contributed by atoms with Crippen LogP contribution in [-0.4, -0.2) is 52.8 Å². The molecule has 30 heavy (non-hydrogen) atoms. The van der Waals surface area contributed by atoms with Gasteiger partial charge in [-0.2, -0.15) is 0 Å². The lowest BCUT2D eigenvalue weighted by Gasteiger charge is -2.23. The molecule has 11 heteroatoms. The highest BCUT2D eigenvalue weighted by molar-refractivity contribution is 7.89. The maximum absolute atomic E-state index is 12.9. The summed E-state index contributed by atoms with van der Waals surface area (Å²) in [5, 5.41) is 18.0. The molecule has 0 amide bonds. The normalized spacial score (nSPS) is 11.5. The van der Waals surface area contributed by atoms with E-state index in [-0.39, 0.29) is 6.54 Å². The molecule has 0 unspecified atom stereocenters. The summed E-state index contributed by atoms with van der Waals surface area (Å²) in [6, 6.07) is 15.6. The second kappa shape index (κ2) is 9.20. The van der Waals surface area contributed by atoms with Gasteiger partial charge in [-0.3, -0.25) is 0 Å². The van der Waals surface area contributed by atoms with Crippen molar-refractivity contribution in [3.05, 3.63) is 71.9 Å². The molecule has 156 valence electrons. The molecule has 0 atom stereocenters. The number of methoxy groups -OCH3 is 1. The van der Waals surface area contributed by atoms with E-state index in [1.54, 1.807) is 12.1 Å². The quantitative estimate of drug-likeness (QED) is 0.428. The minimum Gasteiger partial charge on any atom is -0.465 e. The van der Waals surface area contributed by atoms with Gasteiger partial charge in [0.25, 0.3) is 0 Å². The average molecular weight is 428 g/mol. The van der Waals surface area contributed by atoms with Crippen LogP contribution in [0.2, 0.25) is 6.82 Å². The Morgan fingerprint density at radius 2 is 1.83 bits per heavy atom. The zero-order valence-electron chi connectivity index (χ0n) is 16.5. The number of aromatic nitrogens is 3. The van der Waals surface area contributed by atoms with Gasteiger partial charge in [-0.25, -0.2) is 22.1 Å². The number of rotatable bonds is 8. The molecule has 1 heterocycles. The minimum absolute atomic E-state index is 0.0678. The summed E-state index contributed by atoms with van der Waals surface area (Å²) >= 11 is 0. The fourth-order valence-electron chi connectivity index (χ4n) is 2.85. The first-order valence-electron chi connectivity index (χ1n) is 9.10. The third kappa shape index (κ3) is 5.12. The largest absolute Gasteiger partial charge is 0.465 e. The van der Waals surface area contributed by atoms with E-state index in [1.807, 2.05) is 30.3 Å². The van der Waals surface area contributed by atoms with E-state index in [0.29, 0.717) is 16.8 Å². The second-order valence-corrected chi connectivity index (χ2v) is 8.51. The summed E-state index contributed by atoms with van der Waals surface area (Å²) in [5.74, 6) is -0.959. The van der Waals surface area contributed by atoms with Gasteiger partial charge in [0.1, 0.15) is 5.69 Å². The summed E-state index contributed by atoms with van der Waals surface area (Å²) in [5.41, 5.74) is 2.33. The number of nitrogens with zero attached hydrogens (tertiary/aromatic N) is 4. The van der Waals surface area contributed by atoms with Crippen LogP contribution >= 0.6 is 0 Å². The topological polar surface area (TPSA) is 115 Å². The van der Waals surface area contributed by atoms with Crippen molar-refractivity contribution in [2.24, 2.45) is 0 Å². The van der Waals surface area contributed by atoms with Crippen molar-refractivity contribution in [1.82, 2.24) is 19.2 Å². The van der Waals surface area contributed by atoms with Crippen molar-refractivity contribution >= 4 is 23.0 Å². The smallest absolute Gasteiger partial charge is 0.390 e. The Morgan fingerprint density at radius 3 is 2.43 bits per heavy atom. The molecular weight excluding hydrogens is 407 g/mol. The fraction of sp³-hybridized carbons (Fsp3) is 0.211. The van der Waals surface area contributed by atoms with Gasteiger partial charge in [-0.1, -0.05) is 47.7 Å². The van der Waals surface area contributed by atoms with Crippen LogP contribution in [0.15, 0.2) is 60.8 Å². The number of hydrogen-bond donors (Lipinski definition) is 1. The molecule has 0 aliphatic heterocycles. The van der Waals surface area contributed by atoms with Crippen LogP contribution in [0.1, 0.15) is 15.9 Å².